The van der Waals surface area contributed by atoms with Gasteiger partial charge in [0.25, 0.3) is 0 Å². The zero-order valence-corrected chi connectivity index (χ0v) is 17.5. The molecule has 0 aromatic carbocycles. The minimum atomic E-state index is 1.26. The van der Waals surface area contributed by atoms with E-state index in [-0.39, 0.29) is 0 Å². The van der Waals surface area contributed by atoms with Crippen molar-refractivity contribution in [1.82, 2.24) is 9.80 Å². The average molecular weight is 351 g/mol. The van der Waals surface area contributed by atoms with E-state index in [1.807, 2.05) is 0 Å². The molecule has 2 nitrogen and oxygen atoms in total. The maximum Gasteiger partial charge on any atom is 0.0110 e. The van der Waals surface area contributed by atoms with Crippen molar-refractivity contribution in [2.24, 2.45) is 0 Å². The molecule has 148 valence electrons. The van der Waals surface area contributed by atoms with Crippen molar-refractivity contribution in [3.05, 3.63) is 12.2 Å². The van der Waals surface area contributed by atoms with Gasteiger partial charge in [0.1, 0.15) is 0 Å². The van der Waals surface area contributed by atoms with E-state index >= 15 is 0 Å². The van der Waals surface area contributed by atoms with Gasteiger partial charge in [0.15, 0.2) is 0 Å². The molecule has 0 radical (unpaired) electrons. The predicted octanol–water partition coefficient (Wildman–Crippen LogP) is 6.27. The van der Waals surface area contributed by atoms with Crippen LogP contribution in [-0.2, 0) is 0 Å². The molecule has 0 spiro atoms. The Hall–Kier alpha value is -0.340. The summed E-state index contributed by atoms with van der Waals surface area (Å²) in [6, 6.07) is 0. The molecule has 1 aliphatic rings. The SMILES string of the molecule is CCCCCCCC/C=C/CCCCCCCCN1CCN(C)CC1. The summed E-state index contributed by atoms with van der Waals surface area (Å²) in [6.45, 7) is 8.69. The van der Waals surface area contributed by atoms with Crippen molar-refractivity contribution in [2.75, 3.05) is 39.8 Å². The van der Waals surface area contributed by atoms with Crippen molar-refractivity contribution in [3.63, 3.8) is 0 Å². The van der Waals surface area contributed by atoms with Crippen LogP contribution >= 0.6 is 0 Å². The lowest BCUT2D eigenvalue weighted by Gasteiger charge is -2.32. The van der Waals surface area contributed by atoms with Crippen LogP contribution in [0.4, 0.5) is 0 Å². The largest absolute Gasteiger partial charge is 0.304 e. The third kappa shape index (κ3) is 14.5. The van der Waals surface area contributed by atoms with E-state index in [0.29, 0.717) is 0 Å². The lowest BCUT2D eigenvalue weighted by molar-refractivity contribution is 0.152. The molecule has 0 atom stereocenters. The van der Waals surface area contributed by atoms with Gasteiger partial charge in [0.05, 0.1) is 0 Å². The van der Waals surface area contributed by atoms with Crippen LogP contribution < -0.4 is 0 Å². The highest BCUT2D eigenvalue weighted by Gasteiger charge is 2.12. The zero-order chi connectivity index (χ0) is 18.0. The van der Waals surface area contributed by atoms with Gasteiger partial charge in [0.2, 0.25) is 0 Å². The summed E-state index contributed by atoms with van der Waals surface area (Å²) in [4.78, 5) is 5.09. The number of hydrogen-bond donors (Lipinski definition) is 0. The monoisotopic (exact) mass is 350 g/mol. The Morgan fingerprint density at radius 2 is 1.08 bits per heavy atom. The summed E-state index contributed by atoms with van der Waals surface area (Å²) >= 11 is 0. The van der Waals surface area contributed by atoms with Gasteiger partial charge in [-0.15, -0.1) is 0 Å². The number of nitrogens with zero attached hydrogens (tertiary/aromatic N) is 2. The summed E-state index contributed by atoms with van der Waals surface area (Å²) in [5.74, 6) is 0. The average Bonchev–Trinajstić information content (AvgIpc) is 2.63. The fourth-order valence-corrected chi connectivity index (χ4v) is 3.65. The van der Waals surface area contributed by atoms with Crippen molar-refractivity contribution < 1.29 is 0 Å². The summed E-state index contributed by atoms with van der Waals surface area (Å²) in [5, 5.41) is 0. The van der Waals surface area contributed by atoms with E-state index in [0.717, 1.165) is 0 Å². The van der Waals surface area contributed by atoms with Gasteiger partial charge in [-0.1, -0.05) is 76.9 Å². The maximum atomic E-state index is 2.65. The van der Waals surface area contributed by atoms with Crippen LogP contribution in [0.1, 0.15) is 96.8 Å². The molecule has 0 aromatic rings. The highest BCUT2D eigenvalue weighted by Crippen LogP contribution is 2.10. The Bertz CT molecular complexity index is 292. The number of rotatable bonds is 16. The molecule has 1 saturated heterocycles. The van der Waals surface area contributed by atoms with Crippen molar-refractivity contribution >= 4 is 0 Å². The van der Waals surface area contributed by atoms with Gasteiger partial charge in [-0.05, 0) is 45.7 Å². The molecular formula is C23H46N2. The third-order valence-corrected chi connectivity index (χ3v) is 5.58. The van der Waals surface area contributed by atoms with Crippen molar-refractivity contribution in [2.45, 2.75) is 96.8 Å². The Labute approximate surface area is 159 Å². The Morgan fingerprint density at radius 1 is 0.600 bits per heavy atom. The molecule has 25 heavy (non-hydrogen) atoms. The molecule has 0 aromatic heterocycles. The van der Waals surface area contributed by atoms with E-state index in [2.05, 4.69) is 35.9 Å². The lowest BCUT2D eigenvalue weighted by atomic mass is 10.1. The molecule has 1 fully saturated rings. The first-order valence-corrected chi connectivity index (χ1v) is 11.4. The molecule has 0 saturated carbocycles. The number of hydrogen-bond acceptors (Lipinski definition) is 2. The molecule has 0 unspecified atom stereocenters. The summed E-state index contributed by atoms with van der Waals surface area (Å²) in [6.07, 6.45) is 24.5. The Balaban J connectivity index is 1.73. The van der Waals surface area contributed by atoms with Crippen LogP contribution in [0.15, 0.2) is 12.2 Å². The highest BCUT2D eigenvalue weighted by atomic mass is 15.2. The summed E-state index contributed by atoms with van der Waals surface area (Å²) in [5.41, 5.74) is 0. The van der Waals surface area contributed by atoms with E-state index in [4.69, 9.17) is 0 Å². The molecule has 2 heteroatoms. The topological polar surface area (TPSA) is 6.48 Å². The van der Waals surface area contributed by atoms with Gasteiger partial charge >= 0.3 is 0 Å². The van der Waals surface area contributed by atoms with Gasteiger partial charge in [0, 0.05) is 26.2 Å². The lowest BCUT2D eigenvalue weighted by Crippen LogP contribution is -2.44. The molecule has 0 N–H and O–H groups in total. The van der Waals surface area contributed by atoms with E-state index in [1.165, 1.54) is 123 Å². The number of piperazine rings is 1. The fraction of sp³-hybridized carbons (Fsp3) is 0.913. The van der Waals surface area contributed by atoms with E-state index in [1.54, 1.807) is 0 Å². The van der Waals surface area contributed by atoms with Crippen LogP contribution in [-0.4, -0.2) is 49.6 Å². The minimum Gasteiger partial charge on any atom is -0.304 e. The normalized spacial score (nSPS) is 16.9. The first kappa shape index (κ1) is 22.7. The standard InChI is InChI=1S/C23H46N2/c1-3-4-5-6-7-8-9-10-11-12-13-14-15-16-17-18-19-25-22-20-24(2)21-23-25/h10-11H,3-9,12-23H2,1-2H3/b11-10+. The molecule has 0 bridgehead atoms. The second-order valence-electron chi connectivity index (χ2n) is 8.08. The summed E-state index contributed by atoms with van der Waals surface area (Å²) < 4.78 is 0. The maximum absolute atomic E-state index is 2.65. The fourth-order valence-electron chi connectivity index (χ4n) is 3.65. The van der Waals surface area contributed by atoms with Gasteiger partial charge in [-0.2, -0.15) is 0 Å². The number of unbranched alkanes of at least 4 members (excludes halogenated alkanes) is 12. The van der Waals surface area contributed by atoms with E-state index < -0.39 is 0 Å². The smallest absolute Gasteiger partial charge is 0.0110 e. The Kier molecular flexibility index (Phi) is 15.5. The molecule has 0 aliphatic carbocycles. The van der Waals surface area contributed by atoms with Crippen LogP contribution in [0.3, 0.4) is 0 Å². The van der Waals surface area contributed by atoms with Gasteiger partial charge in [-0.3, -0.25) is 0 Å². The Morgan fingerprint density at radius 3 is 1.64 bits per heavy atom. The van der Waals surface area contributed by atoms with Gasteiger partial charge in [-0.25, -0.2) is 0 Å². The van der Waals surface area contributed by atoms with Crippen molar-refractivity contribution in [3.8, 4) is 0 Å². The first-order valence-electron chi connectivity index (χ1n) is 11.4. The van der Waals surface area contributed by atoms with Crippen LogP contribution in [0.25, 0.3) is 0 Å². The molecular weight excluding hydrogens is 304 g/mol. The third-order valence-electron chi connectivity index (χ3n) is 5.58. The number of likely N-dealkylation sites (N-methyl/N-ethyl adjacent to an activating group) is 1. The second-order valence-corrected chi connectivity index (χ2v) is 8.08. The molecule has 1 rings (SSSR count). The molecule has 1 aliphatic heterocycles. The van der Waals surface area contributed by atoms with Crippen molar-refractivity contribution in [1.29, 1.82) is 0 Å². The van der Waals surface area contributed by atoms with E-state index in [9.17, 15) is 0 Å². The zero-order valence-electron chi connectivity index (χ0n) is 17.5. The predicted molar refractivity (Wildman–Crippen MR) is 113 cm³/mol. The van der Waals surface area contributed by atoms with Crippen LogP contribution in [0, 0.1) is 0 Å². The highest BCUT2D eigenvalue weighted by molar-refractivity contribution is 4.81. The van der Waals surface area contributed by atoms with Gasteiger partial charge < -0.3 is 9.80 Å². The summed E-state index contributed by atoms with van der Waals surface area (Å²) in [7, 11) is 2.24. The first-order chi connectivity index (χ1) is 12.3. The molecule has 1 heterocycles. The van der Waals surface area contributed by atoms with Crippen LogP contribution in [0.5, 0.6) is 0 Å². The quantitative estimate of drug-likeness (QED) is 0.239. The molecule has 0 amide bonds. The second kappa shape index (κ2) is 17.1. The minimum absolute atomic E-state index is 1.26. The van der Waals surface area contributed by atoms with Crippen LogP contribution in [0.2, 0.25) is 0 Å². The number of allylic oxidation sites excluding steroid dienone is 2.